The molecule has 2 rings (SSSR count). The van der Waals surface area contributed by atoms with Crippen molar-refractivity contribution >= 4 is 23.2 Å². The first-order valence-corrected chi connectivity index (χ1v) is 5.87. The molecule has 4 nitrogen and oxygen atoms in total. The number of aryl methyl sites for hydroxylation is 2. The minimum absolute atomic E-state index is 0.239. The molecule has 0 fully saturated rings. The van der Waals surface area contributed by atoms with Gasteiger partial charge in [-0.25, -0.2) is 4.98 Å². The Kier molecular flexibility index (Phi) is 3.39. The summed E-state index contributed by atoms with van der Waals surface area (Å²) in [5, 5.41) is 2.99. The lowest BCUT2D eigenvalue weighted by molar-refractivity contribution is 0.102. The number of furan rings is 1. The largest absolute Gasteiger partial charge is 0.466 e. The van der Waals surface area contributed by atoms with Crippen LogP contribution in [0.3, 0.4) is 0 Å². The molecule has 1 amide bonds. The molecule has 0 saturated carbocycles. The van der Waals surface area contributed by atoms with E-state index in [2.05, 4.69) is 10.3 Å². The summed E-state index contributed by atoms with van der Waals surface area (Å²) >= 11 is 5.89. The molecule has 0 atom stereocenters. The van der Waals surface area contributed by atoms with Crippen LogP contribution in [0, 0.1) is 20.8 Å². The number of carbonyl (C=O) groups excluding carboxylic acids is 1. The second-order valence-corrected chi connectivity index (χ2v) is 4.37. The molecule has 0 spiro atoms. The Balaban J connectivity index is 2.31. The quantitative estimate of drug-likeness (QED) is 0.845. The van der Waals surface area contributed by atoms with Crippen molar-refractivity contribution in [1.29, 1.82) is 0 Å². The molecule has 0 aliphatic carbocycles. The highest BCUT2D eigenvalue weighted by Gasteiger charge is 2.19. The van der Waals surface area contributed by atoms with Gasteiger partial charge < -0.3 is 9.73 Å². The summed E-state index contributed by atoms with van der Waals surface area (Å²) < 4.78 is 5.42. The zero-order chi connectivity index (χ0) is 13.3. The van der Waals surface area contributed by atoms with Crippen LogP contribution in [0.4, 0.5) is 5.69 Å². The first-order valence-electron chi connectivity index (χ1n) is 5.49. The molecule has 1 N–H and O–H groups in total. The summed E-state index contributed by atoms with van der Waals surface area (Å²) in [6.45, 7) is 5.45. The van der Waals surface area contributed by atoms with Gasteiger partial charge in [0.1, 0.15) is 11.5 Å². The number of pyridine rings is 1. The van der Waals surface area contributed by atoms with E-state index in [4.69, 9.17) is 16.0 Å². The van der Waals surface area contributed by atoms with Gasteiger partial charge in [-0.3, -0.25) is 4.79 Å². The fraction of sp³-hybridized carbons (Fsp3) is 0.231. The topological polar surface area (TPSA) is 55.1 Å². The first kappa shape index (κ1) is 12.6. The van der Waals surface area contributed by atoms with Gasteiger partial charge in [-0.2, -0.15) is 0 Å². The Labute approximate surface area is 110 Å². The number of nitrogens with zero attached hydrogens (tertiary/aromatic N) is 1. The Bertz CT molecular complexity index is 605. The lowest BCUT2D eigenvalue weighted by Crippen LogP contribution is -2.14. The third-order valence-electron chi connectivity index (χ3n) is 2.80. The van der Waals surface area contributed by atoms with Gasteiger partial charge in [0.2, 0.25) is 0 Å². The van der Waals surface area contributed by atoms with E-state index in [0.29, 0.717) is 17.0 Å². The van der Waals surface area contributed by atoms with Crippen LogP contribution >= 0.6 is 11.6 Å². The van der Waals surface area contributed by atoms with Gasteiger partial charge in [-0.15, -0.1) is 0 Å². The molecule has 0 aromatic carbocycles. The van der Waals surface area contributed by atoms with Gasteiger partial charge in [-0.1, -0.05) is 11.6 Å². The van der Waals surface area contributed by atoms with Crippen molar-refractivity contribution in [2.75, 3.05) is 5.32 Å². The number of halogens is 1. The highest BCUT2D eigenvalue weighted by molar-refractivity contribution is 6.32. The third-order valence-corrected chi connectivity index (χ3v) is 3.10. The highest BCUT2D eigenvalue weighted by atomic mass is 35.5. The number of amides is 1. The fourth-order valence-corrected chi connectivity index (χ4v) is 1.96. The van der Waals surface area contributed by atoms with Crippen LogP contribution in [-0.4, -0.2) is 10.9 Å². The molecule has 2 heterocycles. The molecule has 5 heteroatoms. The predicted octanol–water partition coefficient (Wildman–Crippen LogP) is 3.51. The van der Waals surface area contributed by atoms with Crippen LogP contribution in [-0.2, 0) is 0 Å². The van der Waals surface area contributed by atoms with Crippen molar-refractivity contribution in [1.82, 2.24) is 4.98 Å². The molecule has 94 valence electrons. The highest BCUT2D eigenvalue weighted by Crippen LogP contribution is 2.23. The van der Waals surface area contributed by atoms with Crippen LogP contribution in [0.25, 0.3) is 0 Å². The van der Waals surface area contributed by atoms with Crippen LogP contribution in [0.5, 0.6) is 0 Å². The van der Waals surface area contributed by atoms with E-state index >= 15 is 0 Å². The number of aromatic nitrogens is 1. The normalized spacial score (nSPS) is 10.4. The van der Waals surface area contributed by atoms with Crippen LogP contribution in [0.15, 0.2) is 22.7 Å². The molecular weight excluding hydrogens is 252 g/mol. The summed E-state index contributed by atoms with van der Waals surface area (Å²) in [7, 11) is 0. The predicted molar refractivity (Wildman–Crippen MR) is 70.1 cm³/mol. The number of hydrogen-bond acceptors (Lipinski definition) is 3. The van der Waals surface area contributed by atoms with Gasteiger partial charge in [-0.05, 0) is 32.9 Å². The molecule has 0 bridgehead atoms. The Hall–Kier alpha value is -1.81. The number of carbonyl (C=O) groups is 1. The molecule has 2 aromatic heterocycles. The van der Waals surface area contributed by atoms with E-state index < -0.39 is 0 Å². The molecule has 2 aromatic rings. The number of rotatable bonds is 2. The Morgan fingerprint density at radius 3 is 2.61 bits per heavy atom. The average molecular weight is 265 g/mol. The van der Waals surface area contributed by atoms with E-state index in [1.807, 2.05) is 13.8 Å². The fourth-order valence-electron chi connectivity index (χ4n) is 1.79. The van der Waals surface area contributed by atoms with Crippen molar-refractivity contribution in [3.05, 3.63) is 46.1 Å². The van der Waals surface area contributed by atoms with E-state index in [1.165, 1.54) is 0 Å². The smallest absolute Gasteiger partial charge is 0.259 e. The van der Waals surface area contributed by atoms with Crippen molar-refractivity contribution in [2.45, 2.75) is 20.8 Å². The maximum Gasteiger partial charge on any atom is 0.259 e. The maximum atomic E-state index is 12.2. The van der Waals surface area contributed by atoms with Gasteiger partial charge in [0.05, 0.1) is 11.3 Å². The summed E-state index contributed by atoms with van der Waals surface area (Å²) in [6.07, 6.45) is 1.57. The van der Waals surface area contributed by atoms with Gasteiger partial charge in [0.25, 0.3) is 5.91 Å². The number of anilines is 1. The summed E-state index contributed by atoms with van der Waals surface area (Å²) in [6, 6.07) is 3.41. The van der Waals surface area contributed by atoms with E-state index in [0.717, 1.165) is 11.3 Å². The minimum atomic E-state index is -0.239. The van der Waals surface area contributed by atoms with Gasteiger partial charge in [0, 0.05) is 11.8 Å². The summed E-state index contributed by atoms with van der Waals surface area (Å²) in [4.78, 5) is 16.1. The minimum Gasteiger partial charge on any atom is -0.466 e. The summed E-state index contributed by atoms with van der Waals surface area (Å²) in [5.74, 6) is 1.11. The molecule has 0 aliphatic rings. The molecule has 0 unspecified atom stereocenters. The average Bonchev–Trinajstić information content (AvgIpc) is 2.56. The standard InChI is InChI=1S/C13H13ClN2O2/c1-7-8(2)18-9(3)11(7)13(17)16-10-5-4-6-15-12(10)14/h4-6H,1-3H3,(H,16,17). The van der Waals surface area contributed by atoms with Crippen molar-refractivity contribution in [3.63, 3.8) is 0 Å². The van der Waals surface area contributed by atoms with Crippen LogP contribution < -0.4 is 5.32 Å². The van der Waals surface area contributed by atoms with E-state index in [9.17, 15) is 4.79 Å². The molecule has 0 aliphatic heterocycles. The van der Waals surface area contributed by atoms with Crippen molar-refractivity contribution < 1.29 is 9.21 Å². The molecular formula is C13H13ClN2O2. The lowest BCUT2D eigenvalue weighted by Gasteiger charge is -2.06. The van der Waals surface area contributed by atoms with Crippen LogP contribution in [0.1, 0.15) is 27.4 Å². The number of hydrogen-bond donors (Lipinski definition) is 1. The second kappa shape index (κ2) is 4.82. The Morgan fingerprint density at radius 2 is 2.06 bits per heavy atom. The molecule has 18 heavy (non-hydrogen) atoms. The van der Waals surface area contributed by atoms with E-state index in [1.54, 1.807) is 25.3 Å². The van der Waals surface area contributed by atoms with Gasteiger partial charge in [0.15, 0.2) is 5.15 Å². The Morgan fingerprint density at radius 1 is 1.33 bits per heavy atom. The van der Waals surface area contributed by atoms with Crippen molar-refractivity contribution in [2.24, 2.45) is 0 Å². The SMILES string of the molecule is Cc1oc(C)c(C(=O)Nc2cccnc2Cl)c1C. The third kappa shape index (κ3) is 2.24. The first-order chi connectivity index (χ1) is 8.50. The van der Waals surface area contributed by atoms with Crippen molar-refractivity contribution in [3.8, 4) is 0 Å². The maximum absolute atomic E-state index is 12.2. The zero-order valence-corrected chi connectivity index (χ0v) is 11.1. The zero-order valence-electron chi connectivity index (χ0n) is 10.4. The second-order valence-electron chi connectivity index (χ2n) is 4.01. The number of nitrogens with one attached hydrogen (secondary N) is 1. The molecule has 0 radical (unpaired) electrons. The lowest BCUT2D eigenvalue weighted by atomic mass is 10.1. The monoisotopic (exact) mass is 264 g/mol. The summed E-state index contributed by atoms with van der Waals surface area (Å²) in [5.41, 5.74) is 1.87. The van der Waals surface area contributed by atoms with Gasteiger partial charge >= 0.3 is 0 Å². The van der Waals surface area contributed by atoms with Crippen LogP contribution in [0.2, 0.25) is 5.15 Å². The molecule has 0 saturated heterocycles. The van der Waals surface area contributed by atoms with E-state index in [-0.39, 0.29) is 11.1 Å².